The molecule has 3 aliphatic rings. The molecule has 0 amide bonds. The summed E-state index contributed by atoms with van der Waals surface area (Å²) in [7, 11) is 0. The summed E-state index contributed by atoms with van der Waals surface area (Å²) < 4.78 is 28.6. The van der Waals surface area contributed by atoms with Gasteiger partial charge < -0.3 is 20.2 Å². The number of nitrogens with zero attached hydrogens (tertiary/aromatic N) is 5. The lowest BCUT2D eigenvalue weighted by atomic mass is 9.97. The SMILES string of the molecule is C=Nc1c(/C(=N\CO)N2CCC(O)CC2C)cnc(-c2cc(O)cc3ccccc23)c1F.C[C@@]12CCCN1CC(F)C2. The van der Waals surface area contributed by atoms with Gasteiger partial charge in [0.15, 0.2) is 5.82 Å². The van der Waals surface area contributed by atoms with Gasteiger partial charge in [0.1, 0.15) is 35.9 Å². The topological polar surface area (TPSA) is 105 Å². The number of aliphatic imine (C=N–C) groups is 2. The van der Waals surface area contributed by atoms with E-state index in [1.807, 2.05) is 36.1 Å². The summed E-state index contributed by atoms with van der Waals surface area (Å²) in [5.74, 6) is -0.336. The largest absolute Gasteiger partial charge is 0.508 e. The number of alkyl halides is 1. The third-order valence-electron chi connectivity index (χ3n) is 8.82. The summed E-state index contributed by atoms with van der Waals surface area (Å²) in [6.07, 6.45) is 4.81. The van der Waals surface area contributed by atoms with Crippen LogP contribution in [0.25, 0.3) is 22.0 Å². The third kappa shape index (κ3) is 5.88. The molecule has 224 valence electrons. The molecule has 3 unspecified atom stereocenters. The van der Waals surface area contributed by atoms with Crippen molar-refractivity contribution >= 4 is 29.0 Å². The van der Waals surface area contributed by atoms with Crippen LogP contribution in [0.1, 0.15) is 51.5 Å². The summed E-state index contributed by atoms with van der Waals surface area (Å²) in [5.41, 5.74) is 0.980. The van der Waals surface area contributed by atoms with Crippen LogP contribution in [-0.2, 0) is 0 Å². The van der Waals surface area contributed by atoms with E-state index in [-0.39, 0.29) is 28.7 Å². The molecule has 4 atom stereocenters. The highest BCUT2D eigenvalue weighted by Gasteiger charge is 2.44. The number of fused-ring (bicyclic) bond motifs is 2. The van der Waals surface area contributed by atoms with E-state index in [0.29, 0.717) is 42.9 Å². The van der Waals surface area contributed by atoms with Crippen molar-refractivity contribution in [2.45, 2.75) is 69.8 Å². The van der Waals surface area contributed by atoms with E-state index in [2.05, 4.69) is 33.5 Å². The Balaban J connectivity index is 0.000000295. The zero-order valence-corrected chi connectivity index (χ0v) is 24.2. The molecule has 0 radical (unpaired) electrons. The zero-order chi connectivity index (χ0) is 30.0. The first-order valence-electron chi connectivity index (χ1n) is 14.5. The zero-order valence-electron chi connectivity index (χ0n) is 24.2. The lowest BCUT2D eigenvalue weighted by Gasteiger charge is -2.38. The van der Waals surface area contributed by atoms with Gasteiger partial charge in [-0.15, -0.1) is 0 Å². The van der Waals surface area contributed by atoms with Gasteiger partial charge in [0.25, 0.3) is 0 Å². The molecule has 1 aromatic heterocycles. The Hall–Kier alpha value is -3.47. The van der Waals surface area contributed by atoms with Gasteiger partial charge in [-0.25, -0.2) is 13.8 Å². The number of hydrogen-bond donors (Lipinski definition) is 3. The van der Waals surface area contributed by atoms with Crippen LogP contribution in [0.2, 0.25) is 0 Å². The van der Waals surface area contributed by atoms with Gasteiger partial charge in [0.05, 0.1) is 11.7 Å². The van der Waals surface area contributed by atoms with Crippen LogP contribution in [0.3, 0.4) is 0 Å². The van der Waals surface area contributed by atoms with Crippen LogP contribution >= 0.6 is 0 Å². The minimum absolute atomic E-state index is 0.000296. The second-order valence-corrected chi connectivity index (χ2v) is 11.7. The van der Waals surface area contributed by atoms with Gasteiger partial charge in [-0.2, -0.15) is 0 Å². The molecule has 10 heteroatoms. The Morgan fingerprint density at radius 1 is 1.24 bits per heavy atom. The number of likely N-dealkylation sites (tertiary alicyclic amines) is 1. The number of halogens is 2. The molecule has 2 aromatic carbocycles. The number of aliphatic hydroxyl groups is 2. The lowest BCUT2D eigenvalue weighted by Crippen LogP contribution is -2.46. The summed E-state index contributed by atoms with van der Waals surface area (Å²) in [6.45, 7) is 9.50. The molecule has 3 N–H and O–H groups in total. The molecule has 3 saturated heterocycles. The van der Waals surface area contributed by atoms with E-state index in [0.717, 1.165) is 23.7 Å². The Morgan fingerprint density at radius 2 is 2.02 bits per heavy atom. The van der Waals surface area contributed by atoms with Crippen LogP contribution < -0.4 is 0 Å². The average molecular weight is 580 g/mol. The minimum atomic E-state index is -0.691. The Morgan fingerprint density at radius 3 is 2.74 bits per heavy atom. The first kappa shape index (κ1) is 30.0. The summed E-state index contributed by atoms with van der Waals surface area (Å²) in [5, 5.41) is 31.1. The highest BCUT2D eigenvalue weighted by molar-refractivity contribution is 6.04. The molecule has 0 saturated carbocycles. The van der Waals surface area contributed by atoms with Crippen molar-refractivity contribution in [3.05, 3.63) is 54.0 Å². The molecule has 8 nitrogen and oxygen atoms in total. The average Bonchev–Trinajstić information content (AvgIpc) is 3.44. The second kappa shape index (κ2) is 12.4. The van der Waals surface area contributed by atoms with Crippen molar-refractivity contribution in [2.75, 3.05) is 26.4 Å². The number of phenols is 1. The number of benzene rings is 2. The number of rotatable bonds is 4. The molecule has 3 fully saturated rings. The van der Waals surface area contributed by atoms with Crippen molar-refractivity contribution in [1.29, 1.82) is 0 Å². The second-order valence-electron chi connectivity index (χ2n) is 11.7. The van der Waals surface area contributed by atoms with Crippen LogP contribution in [0, 0.1) is 5.82 Å². The highest BCUT2D eigenvalue weighted by Crippen LogP contribution is 2.39. The molecule has 0 bridgehead atoms. The molecule has 3 aromatic rings. The molecular formula is C32H39F2N5O3. The first-order chi connectivity index (χ1) is 20.1. The third-order valence-corrected chi connectivity index (χ3v) is 8.82. The molecule has 3 aliphatic heterocycles. The van der Waals surface area contributed by atoms with Gasteiger partial charge in [0, 0.05) is 36.4 Å². The van der Waals surface area contributed by atoms with Crippen LogP contribution in [-0.4, -0.2) is 92.9 Å². The van der Waals surface area contributed by atoms with Crippen molar-refractivity contribution in [3.63, 3.8) is 0 Å². The van der Waals surface area contributed by atoms with Crippen LogP contribution in [0.4, 0.5) is 14.5 Å². The van der Waals surface area contributed by atoms with Gasteiger partial charge in [0.2, 0.25) is 0 Å². The van der Waals surface area contributed by atoms with Crippen molar-refractivity contribution in [2.24, 2.45) is 9.98 Å². The summed E-state index contributed by atoms with van der Waals surface area (Å²) in [6, 6.07) is 10.3. The number of aromatic nitrogens is 1. The molecule has 42 heavy (non-hydrogen) atoms. The van der Waals surface area contributed by atoms with Crippen molar-refractivity contribution in [3.8, 4) is 17.0 Å². The molecule has 4 heterocycles. The fraction of sp³-hybridized carbons (Fsp3) is 0.469. The van der Waals surface area contributed by atoms with Crippen molar-refractivity contribution < 1.29 is 24.1 Å². The number of aromatic hydroxyl groups is 1. The number of pyridine rings is 1. The van der Waals surface area contributed by atoms with E-state index < -0.39 is 24.8 Å². The van der Waals surface area contributed by atoms with Crippen molar-refractivity contribution in [1.82, 2.24) is 14.8 Å². The quantitative estimate of drug-likeness (QED) is 0.290. The van der Waals surface area contributed by atoms with E-state index in [1.54, 1.807) is 6.07 Å². The number of piperidine rings is 1. The maximum Gasteiger partial charge on any atom is 0.175 e. The monoisotopic (exact) mass is 579 g/mol. The molecule has 0 aliphatic carbocycles. The summed E-state index contributed by atoms with van der Waals surface area (Å²) in [4.78, 5) is 16.7. The molecule has 0 spiro atoms. The van der Waals surface area contributed by atoms with Gasteiger partial charge in [-0.05, 0) is 82.1 Å². The Kier molecular flexibility index (Phi) is 8.86. The van der Waals surface area contributed by atoms with E-state index in [4.69, 9.17) is 0 Å². The van der Waals surface area contributed by atoms with E-state index in [1.165, 1.54) is 25.1 Å². The molecular weight excluding hydrogens is 540 g/mol. The Labute approximate surface area is 245 Å². The fourth-order valence-corrected chi connectivity index (χ4v) is 6.74. The standard InChI is InChI=1S/C24H25FN4O3.C8H14FN/c1-14-9-16(31)7-8-29(14)24(28-13-30)20-12-27-23(21(25)22(20)26-2)19-11-17(32)10-15-5-3-4-6-18(15)19;1-8-3-2-4-10(8)6-7(9)5-8/h3-6,10-12,14,16,30-32H,2,7-9,13H2,1H3;7H,2-6H2,1H3/b28-24+;/t;7?,8-/m.0/s1. The number of phenolic OH excluding ortho intramolecular Hbond substituents is 1. The van der Waals surface area contributed by atoms with Gasteiger partial charge in [-0.1, -0.05) is 24.3 Å². The normalized spacial score (nSPS) is 26.2. The summed E-state index contributed by atoms with van der Waals surface area (Å²) >= 11 is 0. The highest BCUT2D eigenvalue weighted by atomic mass is 19.1. The smallest absolute Gasteiger partial charge is 0.175 e. The van der Waals surface area contributed by atoms with Crippen LogP contribution in [0.5, 0.6) is 5.75 Å². The van der Waals surface area contributed by atoms with E-state index >= 15 is 4.39 Å². The predicted molar refractivity (Wildman–Crippen MR) is 162 cm³/mol. The van der Waals surface area contributed by atoms with E-state index in [9.17, 15) is 19.7 Å². The van der Waals surface area contributed by atoms with Gasteiger partial charge >= 0.3 is 0 Å². The Bertz CT molecular complexity index is 1480. The number of hydrogen-bond acceptors (Lipinski definition) is 7. The number of aliphatic hydroxyl groups excluding tert-OH is 2. The first-order valence-corrected chi connectivity index (χ1v) is 14.5. The number of amidine groups is 1. The molecule has 6 rings (SSSR count). The fourth-order valence-electron chi connectivity index (χ4n) is 6.74. The maximum absolute atomic E-state index is 15.8. The maximum atomic E-state index is 15.8. The van der Waals surface area contributed by atoms with Crippen LogP contribution in [0.15, 0.2) is 52.6 Å². The minimum Gasteiger partial charge on any atom is -0.508 e. The predicted octanol–water partition coefficient (Wildman–Crippen LogP) is 5.20. The van der Waals surface area contributed by atoms with Gasteiger partial charge in [-0.3, -0.25) is 14.9 Å². The lowest BCUT2D eigenvalue weighted by molar-refractivity contribution is 0.0813.